The maximum atomic E-state index is 6.31. The lowest BCUT2D eigenvalue weighted by Gasteiger charge is -2.21. The van der Waals surface area contributed by atoms with Crippen molar-refractivity contribution in [1.82, 2.24) is 14.5 Å². The maximum absolute atomic E-state index is 6.31. The van der Waals surface area contributed by atoms with E-state index in [0.29, 0.717) is 5.88 Å². The molecule has 0 aliphatic rings. The van der Waals surface area contributed by atoms with Gasteiger partial charge in [0.15, 0.2) is 0 Å². The molecule has 4 nitrogen and oxygen atoms in total. The predicted molar refractivity (Wildman–Crippen MR) is 151 cm³/mol. The van der Waals surface area contributed by atoms with E-state index in [-0.39, 0.29) is 5.41 Å². The number of rotatable bonds is 3. The Morgan fingerprint density at radius 2 is 1.58 bits per heavy atom. The number of hydrogen-bond acceptors (Lipinski definition) is 4. The molecule has 3 aromatic carbocycles. The van der Waals surface area contributed by atoms with Crippen molar-refractivity contribution >= 4 is 45.3 Å². The Kier molecular flexibility index (Phi) is 5.27. The van der Waals surface area contributed by atoms with Gasteiger partial charge in [0.25, 0.3) is 0 Å². The topological polar surface area (TPSA) is 39.9 Å². The fourth-order valence-electron chi connectivity index (χ4n) is 4.92. The van der Waals surface area contributed by atoms with Crippen LogP contribution in [0.15, 0.2) is 90.0 Å². The molecule has 0 bridgehead atoms. The van der Waals surface area contributed by atoms with Crippen molar-refractivity contribution in [2.45, 2.75) is 38.0 Å². The molecule has 0 saturated heterocycles. The Morgan fingerprint density at radius 1 is 0.806 bits per heavy atom. The van der Waals surface area contributed by atoms with Gasteiger partial charge in [0.05, 0.1) is 16.6 Å². The SMILES string of the molecule is Cc1ccnc(-n2c3ccccc3c3ccc(Oc4ccc5c(C(C)(C)C)ccc(S)c5n4)cc32)c1. The number of benzene rings is 3. The van der Waals surface area contributed by atoms with Crippen LogP contribution in [0.2, 0.25) is 0 Å². The lowest BCUT2D eigenvalue weighted by atomic mass is 9.84. The second-order valence-corrected chi connectivity index (χ2v) is 10.7. The van der Waals surface area contributed by atoms with E-state index in [1.54, 1.807) is 0 Å². The number of thiol groups is 1. The number of pyridine rings is 2. The zero-order valence-electron chi connectivity index (χ0n) is 20.8. The van der Waals surface area contributed by atoms with Crippen LogP contribution in [-0.2, 0) is 5.41 Å². The molecule has 0 N–H and O–H groups in total. The van der Waals surface area contributed by atoms with Crippen LogP contribution < -0.4 is 4.74 Å². The highest BCUT2D eigenvalue weighted by Crippen LogP contribution is 2.36. The first-order valence-corrected chi connectivity index (χ1v) is 12.5. The summed E-state index contributed by atoms with van der Waals surface area (Å²) in [6.45, 7) is 8.71. The van der Waals surface area contributed by atoms with Crippen molar-refractivity contribution in [3.8, 4) is 17.4 Å². The minimum absolute atomic E-state index is 0.00601. The van der Waals surface area contributed by atoms with Crippen LogP contribution in [0.3, 0.4) is 0 Å². The number of hydrogen-bond donors (Lipinski definition) is 1. The van der Waals surface area contributed by atoms with Crippen molar-refractivity contribution in [2.24, 2.45) is 0 Å². The number of ether oxygens (including phenoxy) is 1. The molecule has 0 spiro atoms. The van der Waals surface area contributed by atoms with Gasteiger partial charge in [-0.3, -0.25) is 4.57 Å². The van der Waals surface area contributed by atoms with Gasteiger partial charge in [-0.05, 0) is 65.9 Å². The number of nitrogens with zero attached hydrogens (tertiary/aromatic N) is 3. The summed E-state index contributed by atoms with van der Waals surface area (Å²) in [6.07, 6.45) is 1.85. The molecule has 0 saturated carbocycles. The molecule has 6 aromatic rings. The second kappa shape index (κ2) is 8.38. The molecule has 0 atom stereocenters. The van der Waals surface area contributed by atoms with Gasteiger partial charge in [0.1, 0.15) is 11.6 Å². The number of aromatic nitrogens is 3. The minimum atomic E-state index is 0.00601. The van der Waals surface area contributed by atoms with Gasteiger partial charge in [-0.25, -0.2) is 9.97 Å². The average molecular weight is 490 g/mol. The summed E-state index contributed by atoms with van der Waals surface area (Å²) in [5.74, 6) is 2.15. The maximum Gasteiger partial charge on any atom is 0.219 e. The van der Waals surface area contributed by atoms with Crippen molar-refractivity contribution in [1.29, 1.82) is 0 Å². The van der Waals surface area contributed by atoms with Crippen LogP contribution >= 0.6 is 12.6 Å². The summed E-state index contributed by atoms with van der Waals surface area (Å²) in [4.78, 5) is 10.3. The molecule has 3 aromatic heterocycles. The van der Waals surface area contributed by atoms with Crippen molar-refractivity contribution < 1.29 is 4.74 Å². The molecule has 6 rings (SSSR count). The van der Waals surface area contributed by atoms with Crippen LogP contribution in [0.25, 0.3) is 38.5 Å². The largest absolute Gasteiger partial charge is 0.439 e. The normalized spacial score (nSPS) is 12.0. The van der Waals surface area contributed by atoms with Gasteiger partial charge in [-0.1, -0.05) is 45.0 Å². The van der Waals surface area contributed by atoms with Crippen molar-refractivity contribution in [3.63, 3.8) is 0 Å². The van der Waals surface area contributed by atoms with E-state index in [9.17, 15) is 0 Å². The summed E-state index contributed by atoms with van der Waals surface area (Å²) in [5, 5.41) is 3.43. The van der Waals surface area contributed by atoms with E-state index in [1.165, 1.54) is 10.9 Å². The van der Waals surface area contributed by atoms with Gasteiger partial charge < -0.3 is 4.74 Å². The molecule has 0 fully saturated rings. The fraction of sp³-hybridized carbons (Fsp3) is 0.161. The highest BCUT2D eigenvalue weighted by Gasteiger charge is 2.19. The first kappa shape index (κ1) is 22.6. The predicted octanol–water partition coefficient (Wildman–Crippen LogP) is 8.41. The zero-order valence-corrected chi connectivity index (χ0v) is 21.7. The summed E-state index contributed by atoms with van der Waals surface area (Å²) in [6, 6.07) is 26.9. The van der Waals surface area contributed by atoms with Crippen molar-refractivity contribution in [3.05, 3.63) is 96.2 Å². The highest BCUT2D eigenvalue weighted by atomic mass is 32.1. The highest BCUT2D eigenvalue weighted by molar-refractivity contribution is 7.80. The smallest absolute Gasteiger partial charge is 0.219 e. The van der Waals surface area contributed by atoms with E-state index in [0.717, 1.165) is 49.3 Å². The van der Waals surface area contributed by atoms with Gasteiger partial charge in [-0.2, -0.15) is 0 Å². The van der Waals surface area contributed by atoms with E-state index in [4.69, 9.17) is 9.72 Å². The molecule has 36 heavy (non-hydrogen) atoms. The van der Waals surface area contributed by atoms with Crippen LogP contribution in [0.4, 0.5) is 0 Å². The standard InChI is InChI=1S/C31H27N3OS/c1-19-15-16-32-28(17-19)34-25-8-6-5-7-21(25)22-10-9-20(18-26(22)34)35-29-14-11-23-24(31(2,3)4)12-13-27(36)30(23)33-29/h5-18,36H,1-4H3. The van der Waals surface area contributed by atoms with Gasteiger partial charge >= 0.3 is 0 Å². The Hall–Kier alpha value is -3.83. The monoisotopic (exact) mass is 489 g/mol. The van der Waals surface area contributed by atoms with E-state index < -0.39 is 0 Å². The third kappa shape index (κ3) is 3.80. The summed E-state index contributed by atoms with van der Waals surface area (Å²) in [7, 11) is 0. The van der Waals surface area contributed by atoms with Crippen molar-refractivity contribution in [2.75, 3.05) is 0 Å². The molecule has 0 unspecified atom stereocenters. The number of aryl methyl sites for hydroxylation is 1. The third-order valence-corrected chi connectivity index (χ3v) is 6.98. The third-order valence-electron chi connectivity index (χ3n) is 6.62. The Bertz CT molecular complexity index is 1780. The molecule has 0 radical (unpaired) electrons. The summed E-state index contributed by atoms with van der Waals surface area (Å²) >= 11 is 4.68. The van der Waals surface area contributed by atoms with Gasteiger partial charge in [0.2, 0.25) is 5.88 Å². The van der Waals surface area contributed by atoms with Crippen LogP contribution in [0.5, 0.6) is 11.6 Å². The fourth-order valence-corrected chi connectivity index (χ4v) is 5.16. The molecule has 0 amide bonds. The lowest BCUT2D eigenvalue weighted by molar-refractivity contribution is 0.465. The molecule has 0 aliphatic heterocycles. The molecule has 5 heteroatoms. The average Bonchev–Trinajstić information content (AvgIpc) is 3.17. The Morgan fingerprint density at radius 3 is 2.39 bits per heavy atom. The van der Waals surface area contributed by atoms with Crippen LogP contribution in [-0.4, -0.2) is 14.5 Å². The summed E-state index contributed by atoms with van der Waals surface area (Å²) in [5.41, 5.74) is 5.41. The number of fused-ring (bicyclic) bond motifs is 4. The molecule has 178 valence electrons. The summed E-state index contributed by atoms with van der Waals surface area (Å²) < 4.78 is 8.50. The molecule has 0 aliphatic carbocycles. The lowest BCUT2D eigenvalue weighted by Crippen LogP contribution is -2.12. The van der Waals surface area contributed by atoms with Crippen LogP contribution in [0.1, 0.15) is 31.9 Å². The Labute approximate surface area is 216 Å². The van der Waals surface area contributed by atoms with E-state index in [2.05, 4.69) is 104 Å². The minimum Gasteiger partial charge on any atom is -0.439 e. The van der Waals surface area contributed by atoms with Crippen LogP contribution in [0, 0.1) is 6.92 Å². The van der Waals surface area contributed by atoms with Gasteiger partial charge in [-0.15, -0.1) is 12.6 Å². The quantitative estimate of drug-likeness (QED) is 0.254. The number of para-hydroxylation sites is 1. The zero-order chi connectivity index (χ0) is 25.0. The molecule has 3 heterocycles. The second-order valence-electron chi connectivity index (χ2n) is 10.3. The van der Waals surface area contributed by atoms with E-state index >= 15 is 0 Å². The molecular weight excluding hydrogens is 462 g/mol. The van der Waals surface area contributed by atoms with E-state index in [1.807, 2.05) is 30.5 Å². The first-order chi connectivity index (χ1) is 17.3. The van der Waals surface area contributed by atoms with Gasteiger partial charge in [0, 0.05) is 39.4 Å². The Balaban J connectivity index is 1.48. The first-order valence-electron chi connectivity index (χ1n) is 12.1. The molecular formula is C31H27N3OS.